The molecule has 0 radical (unpaired) electrons. The third kappa shape index (κ3) is 5.60. The Labute approximate surface area is 402 Å². The molecule has 0 amide bonds. The fourth-order valence-electron chi connectivity index (χ4n) is 12.0. The van der Waals surface area contributed by atoms with Gasteiger partial charge < -0.3 is 22.9 Å². The molecule has 0 saturated carbocycles. The van der Waals surface area contributed by atoms with Crippen LogP contribution in [0.3, 0.4) is 0 Å². The molecule has 15 rings (SSSR count). The van der Waals surface area contributed by atoms with Crippen molar-refractivity contribution in [3.05, 3.63) is 235 Å². The first kappa shape index (κ1) is 39.0. The van der Waals surface area contributed by atoms with Gasteiger partial charge in [0.25, 0.3) is 0 Å². The van der Waals surface area contributed by atoms with Gasteiger partial charge in [0.05, 0.1) is 22.1 Å². The molecule has 0 aliphatic carbocycles. The second-order valence-corrected chi connectivity index (χ2v) is 18.9. The summed E-state index contributed by atoms with van der Waals surface area (Å²) in [6, 6.07) is 79.4. The highest BCUT2D eigenvalue weighted by Gasteiger charge is 2.25. The van der Waals surface area contributed by atoms with Gasteiger partial charge in [-0.05, 0) is 117 Å². The largest absolute Gasteiger partial charge is 0.456 e. The highest BCUT2D eigenvalue weighted by atomic mass is 16.3. The average molecular weight is 898 g/mol. The van der Waals surface area contributed by atoms with Crippen LogP contribution >= 0.6 is 0 Å². The van der Waals surface area contributed by atoms with Gasteiger partial charge in [0.2, 0.25) is 0 Å². The van der Waals surface area contributed by atoms with Crippen molar-refractivity contribution in [2.24, 2.45) is 14.1 Å². The highest BCUT2D eigenvalue weighted by molar-refractivity contribution is 6.24. The predicted octanol–water partition coefficient (Wildman–Crippen LogP) is 17.7. The van der Waals surface area contributed by atoms with Gasteiger partial charge in [0.1, 0.15) is 22.3 Å². The van der Waals surface area contributed by atoms with E-state index in [4.69, 9.17) is 8.83 Å². The zero-order valence-electron chi connectivity index (χ0n) is 38.5. The minimum absolute atomic E-state index is 0.0190. The molecule has 15 aromatic rings. The van der Waals surface area contributed by atoms with Crippen LogP contribution in [-0.2, 0) is 14.1 Å². The molecular weight excluding hydrogens is 855 g/mol. The van der Waals surface area contributed by atoms with Crippen molar-refractivity contribution in [1.29, 1.82) is 0 Å². The van der Waals surface area contributed by atoms with Gasteiger partial charge in [0.15, 0.2) is 0 Å². The number of hydrogen-bond acceptors (Lipinski definition) is 3. The fraction of sp³-hybridized carbons (Fsp3) is 0.0462. The molecule has 0 bridgehead atoms. The zero-order valence-corrected chi connectivity index (χ0v) is 38.5. The van der Waals surface area contributed by atoms with Crippen molar-refractivity contribution in [3.8, 4) is 0 Å². The Morgan fingerprint density at radius 2 is 0.986 bits per heavy atom. The summed E-state index contributed by atoms with van der Waals surface area (Å²) >= 11 is 0. The normalized spacial score (nSPS) is 12.7. The lowest BCUT2D eigenvalue weighted by molar-refractivity contribution is 0.663. The molecule has 1 unspecified atom stereocenters. The van der Waals surface area contributed by atoms with Crippen LogP contribution in [0.25, 0.3) is 109 Å². The Kier molecular flexibility index (Phi) is 8.20. The van der Waals surface area contributed by atoms with Crippen LogP contribution in [0.5, 0.6) is 0 Å². The number of rotatable bonds is 6. The molecule has 0 spiro atoms. The predicted molar refractivity (Wildman–Crippen MR) is 292 cm³/mol. The highest BCUT2D eigenvalue weighted by Crippen LogP contribution is 2.46. The van der Waals surface area contributed by atoms with Crippen molar-refractivity contribution in [2.75, 3.05) is 4.90 Å². The van der Waals surface area contributed by atoms with E-state index in [1.54, 1.807) is 0 Å². The molecule has 11 aromatic carbocycles. The lowest BCUT2D eigenvalue weighted by Crippen LogP contribution is -2.11. The Hall–Kier alpha value is -9.06. The van der Waals surface area contributed by atoms with Crippen LogP contribution in [0, 0.1) is 0 Å². The Balaban J connectivity index is 0.866. The van der Waals surface area contributed by atoms with Gasteiger partial charge >= 0.3 is 0 Å². The minimum atomic E-state index is 0.0190. The molecule has 0 N–H and O–H groups in total. The number of para-hydroxylation sites is 5. The number of nitrogens with zero attached hydrogens (tertiary/aromatic N) is 3. The topological polar surface area (TPSA) is 39.4 Å². The quantitative estimate of drug-likeness (QED) is 0.156. The van der Waals surface area contributed by atoms with E-state index in [9.17, 15) is 0 Å². The lowest BCUT2D eigenvalue weighted by atomic mass is 9.83. The van der Waals surface area contributed by atoms with Crippen LogP contribution < -0.4 is 4.90 Å². The fourth-order valence-corrected chi connectivity index (χ4v) is 12.0. The van der Waals surface area contributed by atoms with Crippen molar-refractivity contribution in [2.45, 2.75) is 5.92 Å². The van der Waals surface area contributed by atoms with E-state index < -0.39 is 0 Å². The average Bonchev–Trinajstić information content (AvgIpc) is 4.13. The summed E-state index contributed by atoms with van der Waals surface area (Å²) in [5, 5.41) is 13.8. The molecule has 330 valence electrons. The van der Waals surface area contributed by atoms with E-state index in [1.165, 1.54) is 60.3 Å². The van der Waals surface area contributed by atoms with Crippen LogP contribution in [0.1, 0.15) is 22.6 Å². The van der Waals surface area contributed by atoms with Crippen molar-refractivity contribution in [1.82, 2.24) is 9.13 Å². The van der Waals surface area contributed by atoms with E-state index in [0.717, 1.165) is 82.5 Å². The van der Waals surface area contributed by atoms with Gasteiger partial charge in [-0.1, -0.05) is 140 Å². The molecule has 70 heavy (non-hydrogen) atoms. The number of hydrogen-bond donors (Lipinski definition) is 0. The monoisotopic (exact) mass is 897 g/mol. The molecule has 0 aliphatic heterocycles. The Bertz CT molecular complexity index is 4630. The number of anilines is 3. The second kappa shape index (κ2) is 14.7. The van der Waals surface area contributed by atoms with Crippen LogP contribution in [0.2, 0.25) is 0 Å². The van der Waals surface area contributed by atoms with Crippen LogP contribution in [-0.4, -0.2) is 9.13 Å². The first-order valence-corrected chi connectivity index (χ1v) is 24.1. The standard InChI is InChI=1S/C65H43N3O2/c1-66-55-24-11-9-19-47(55)49-21-13-23-52(63(49)66)61(39-15-5-3-6-16-39)42-28-27-40-36-54-60(37-43(40)33-42)69-58-32-31-51-53-35-41-29-30-46(34-44(41)38-59(53)70-65(51)62(54)58)68(45-17-7-4-8-18-45)57-26-14-22-50-48-20-10-12-25-56(48)67(2)64(50)57/h3-38,61H,1-2H3. The first-order valence-electron chi connectivity index (χ1n) is 24.1. The molecular formula is C65H43N3O2. The summed E-state index contributed by atoms with van der Waals surface area (Å²) in [6.07, 6.45) is 0. The molecule has 4 aromatic heterocycles. The van der Waals surface area contributed by atoms with Crippen molar-refractivity contribution < 1.29 is 8.83 Å². The maximum absolute atomic E-state index is 6.97. The third-order valence-electron chi connectivity index (χ3n) is 15.2. The molecule has 5 heteroatoms. The van der Waals surface area contributed by atoms with E-state index >= 15 is 0 Å². The lowest BCUT2D eigenvalue weighted by Gasteiger charge is -2.27. The van der Waals surface area contributed by atoms with Gasteiger partial charge in [-0.2, -0.15) is 0 Å². The van der Waals surface area contributed by atoms with E-state index in [-0.39, 0.29) is 5.92 Å². The van der Waals surface area contributed by atoms with Gasteiger partial charge in [0, 0.05) is 80.1 Å². The van der Waals surface area contributed by atoms with Gasteiger partial charge in [-0.3, -0.25) is 0 Å². The summed E-state index contributed by atoms with van der Waals surface area (Å²) in [6.45, 7) is 0. The number of aryl methyl sites for hydroxylation is 2. The van der Waals surface area contributed by atoms with Crippen LogP contribution in [0.4, 0.5) is 17.1 Å². The molecule has 4 heterocycles. The van der Waals surface area contributed by atoms with Gasteiger partial charge in [-0.25, -0.2) is 0 Å². The molecule has 0 fully saturated rings. The number of furan rings is 2. The third-order valence-corrected chi connectivity index (χ3v) is 15.2. The first-order chi connectivity index (χ1) is 34.5. The zero-order chi connectivity index (χ0) is 46.2. The van der Waals surface area contributed by atoms with Crippen molar-refractivity contribution >= 4 is 126 Å². The summed E-state index contributed by atoms with van der Waals surface area (Å²) in [5.41, 5.74) is 15.3. The Morgan fingerprint density at radius 1 is 0.371 bits per heavy atom. The van der Waals surface area contributed by atoms with Crippen LogP contribution in [0.15, 0.2) is 227 Å². The minimum Gasteiger partial charge on any atom is -0.456 e. The van der Waals surface area contributed by atoms with E-state index in [1.807, 2.05) is 0 Å². The summed E-state index contributed by atoms with van der Waals surface area (Å²) in [5.74, 6) is 0.0190. The summed E-state index contributed by atoms with van der Waals surface area (Å²) in [7, 11) is 4.37. The maximum Gasteiger partial charge on any atom is 0.147 e. The summed E-state index contributed by atoms with van der Waals surface area (Å²) < 4.78 is 18.4. The smallest absolute Gasteiger partial charge is 0.147 e. The molecule has 0 saturated heterocycles. The number of aromatic nitrogens is 2. The molecule has 5 nitrogen and oxygen atoms in total. The Morgan fingerprint density at radius 3 is 1.76 bits per heavy atom. The van der Waals surface area contributed by atoms with Gasteiger partial charge in [-0.15, -0.1) is 0 Å². The molecule has 1 atom stereocenters. The van der Waals surface area contributed by atoms with E-state index in [2.05, 4.69) is 247 Å². The maximum atomic E-state index is 6.97. The molecule has 0 aliphatic rings. The number of fused-ring (bicyclic) bond motifs is 15. The SMILES string of the molecule is Cn1c2ccccc2c2cccc(C(c3ccccc3)c3ccc4cc5c(cc4c3)oc3ccc4c6cc7ccc(N(c8ccccc8)c8cccc9c%10ccccc%10n(C)c89)cc7cc6oc4c35)c21. The number of benzene rings is 11. The second-order valence-electron chi connectivity index (χ2n) is 18.9. The van der Waals surface area contributed by atoms with Crippen molar-refractivity contribution in [3.63, 3.8) is 0 Å². The summed E-state index contributed by atoms with van der Waals surface area (Å²) in [4.78, 5) is 2.38. The van der Waals surface area contributed by atoms with E-state index in [0.29, 0.717) is 0 Å².